The van der Waals surface area contributed by atoms with Crippen LogP contribution in [0.4, 0.5) is 16.6 Å². The number of benzene rings is 4. The molecular weight excluding hydrogens is 939 g/mol. The molecule has 0 bridgehead atoms. The maximum Gasteiger partial charge on any atom is 0.355 e. The lowest BCUT2D eigenvalue weighted by Gasteiger charge is -2.39. The molecule has 73 heavy (non-hydrogen) atoms. The van der Waals surface area contributed by atoms with Gasteiger partial charge in [-0.05, 0) is 154 Å². The summed E-state index contributed by atoms with van der Waals surface area (Å²) in [6, 6.07) is 30.2. The molecule has 3 aliphatic heterocycles. The Labute approximate surface area is 428 Å². The van der Waals surface area contributed by atoms with E-state index in [9.17, 15) is 24.3 Å². The third-order valence-electron chi connectivity index (χ3n) is 15.8. The number of carbonyl (C=O) groups is 4. The fourth-order valence-corrected chi connectivity index (χ4v) is 12.5. The molecule has 3 aromatic heterocycles. The van der Waals surface area contributed by atoms with Crippen LogP contribution in [0.3, 0.4) is 0 Å². The van der Waals surface area contributed by atoms with Crippen LogP contribution in [0.5, 0.6) is 5.75 Å². The van der Waals surface area contributed by atoms with Crippen LogP contribution >= 0.6 is 11.3 Å². The number of rotatable bonds is 13. The molecular formula is C57H61N9O6S. The van der Waals surface area contributed by atoms with Crippen molar-refractivity contribution in [2.45, 2.75) is 96.2 Å². The van der Waals surface area contributed by atoms with Crippen molar-refractivity contribution < 1.29 is 29.0 Å². The number of nitrogens with one attached hydrogen (secondary N) is 2. The summed E-state index contributed by atoms with van der Waals surface area (Å²) >= 11 is 1.44. The number of thiazole rings is 1. The van der Waals surface area contributed by atoms with Gasteiger partial charge >= 0.3 is 5.97 Å². The summed E-state index contributed by atoms with van der Waals surface area (Å²) in [6.45, 7) is 9.34. The fraction of sp³-hybridized carbons (Fsp3) is 0.386. The number of hydrogen-bond donors (Lipinski definition) is 3. The zero-order chi connectivity index (χ0) is 50.3. The molecule has 1 aliphatic carbocycles. The highest BCUT2D eigenvalue weighted by Crippen LogP contribution is 2.37. The first-order valence-electron chi connectivity index (χ1n) is 25.8. The summed E-state index contributed by atoms with van der Waals surface area (Å²) in [5, 5.41) is 22.2. The summed E-state index contributed by atoms with van der Waals surface area (Å²) in [5.41, 5.74) is 8.56. The van der Waals surface area contributed by atoms with Crippen molar-refractivity contribution in [1.29, 1.82) is 0 Å². The molecule has 376 valence electrons. The summed E-state index contributed by atoms with van der Waals surface area (Å²) in [6.07, 6.45) is 8.36. The van der Waals surface area contributed by atoms with Crippen molar-refractivity contribution in [3.8, 4) is 16.9 Å². The van der Waals surface area contributed by atoms with Gasteiger partial charge in [-0.25, -0.2) is 14.8 Å². The molecule has 6 heterocycles. The average molecular weight is 1000 g/mol. The van der Waals surface area contributed by atoms with E-state index in [1.54, 1.807) is 0 Å². The van der Waals surface area contributed by atoms with Gasteiger partial charge < -0.3 is 19.6 Å². The van der Waals surface area contributed by atoms with E-state index in [-0.39, 0.29) is 29.5 Å². The standard InChI is InChI=1S/C57H61N9O6S/c1-34-31-40(18-20-41(34)42-21-23-50(59-53(42)56(70)71)66-26-25-37-7-6-8-43(46(37)33-66)54(68)61-57-58-47-9-4-5-10-49(47)73-57)72-39-16-13-36(14-17-39)12-11-35(2)64-27-29-65(30-28-64)38-15-19-44-48(32-38)63(3)62-52(44)45-22-24-51(67)60-55(45)69/h4-10,15,18-21,23,31-32,35-36,39,45H,11-14,16-17,22,24-30,33H2,1-3H3,(H,70,71)(H,58,61,68)(H,60,67,69)/t35-,36?,39?,45?/m1/s1. The van der Waals surface area contributed by atoms with Gasteiger partial charge in [0.05, 0.1) is 33.4 Å². The van der Waals surface area contributed by atoms with Gasteiger partial charge in [-0.15, -0.1) is 0 Å². The van der Waals surface area contributed by atoms with Crippen LogP contribution in [0.1, 0.15) is 107 Å². The van der Waals surface area contributed by atoms with Gasteiger partial charge in [-0.1, -0.05) is 41.7 Å². The average Bonchev–Trinajstić information content (AvgIpc) is 3.97. The molecule has 15 nitrogen and oxygen atoms in total. The number of anilines is 3. The van der Waals surface area contributed by atoms with Crippen LogP contribution in [0.25, 0.3) is 32.2 Å². The highest BCUT2D eigenvalue weighted by atomic mass is 32.1. The second kappa shape index (κ2) is 20.4. The monoisotopic (exact) mass is 999 g/mol. The van der Waals surface area contributed by atoms with Crippen molar-refractivity contribution in [2.24, 2.45) is 13.0 Å². The number of imide groups is 1. The highest BCUT2D eigenvalue weighted by Gasteiger charge is 2.33. The molecule has 4 aliphatic rings. The number of hydrogen-bond acceptors (Lipinski definition) is 12. The van der Waals surface area contributed by atoms with Gasteiger partial charge in [0.1, 0.15) is 11.6 Å². The SMILES string of the molecule is Cc1cc(OC2CCC(CC[C@@H](C)N3CCN(c4ccc5c(C6CCC(=O)NC6=O)nn(C)c5c4)CC3)CC2)ccc1-c1ccc(N2CCc3cccc(C(=O)Nc4nc5ccccc5s4)c3C2)nc1C(=O)O. The number of nitrogens with zero attached hydrogens (tertiary/aromatic N) is 7. The number of fused-ring (bicyclic) bond motifs is 3. The predicted octanol–water partition coefficient (Wildman–Crippen LogP) is 9.52. The van der Waals surface area contributed by atoms with Gasteiger partial charge in [-0.2, -0.15) is 5.10 Å². The van der Waals surface area contributed by atoms with E-state index in [0.717, 1.165) is 107 Å². The van der Waals surface area contributed by atoms with Gasteiger partial charge in [0.15, 0.2) is 10.8 Å². The van der Waals surface area contributed by atoms with E-state index in [1.807, 2.05) is 96.3 Å². The van der Waals surface area contributed by atoms with Gasteiger partial charge in [0.25, 0.3) is 5.91 Å². The van der Waals surface area contributed by atoms with Crippen molar-refractivity contribution in [2.75, 3.05) is 47.8 Å². The van der Waals surface area contributed by atoms with E-state index in [2.05, 4.69) is 50.5 Å². The zero-order valence-corrected chi connectivity index (χ0v) is 42.4. The van der Waals surface area contributed by atoms with E-state index in [0.29, 0.717) is 66.4 Å². The number of aromatic nitrogens is 4. The highest BCUT2D eigenvalue weighted by molar-refractivity contribution is 7.22. The first kappa shape index (κ1) is 48.1. The Morgan fingerprint density at radius 2 is 1.67 bits per heavy atom. The van der Waals surface area contributed by atoms with Gasteiger partial charge in [0.2, 0.25) is 11.8 Å². The minimum absolute atomic E-state index is 0.0135. The maximum absolute atomic E-state index is 13.6. The smallest absolute Gasteiger partial charge is 0.355 e. The molecule has 7 aromatic rings. The van der Waals surface area contributed by atoms with E-state index in [1.165, 1.54) is 29.9 Å². The summed E-state index contributed by atoms with van der Waals surface area (Å²) in [4.78, 5) is 67.3. The second-order valence-electron chi connectivity index (χ2n) is 20.3. The number of aromatic carboxylic acids is 1. The van der Waals surface area contributed by atoms with Crippen molar-refractivity contribution in [3.63, 3.8) is 0 Å². The number of pyridine rings is 1. The minimum Gasteiger partial charge on any atom is -0.490 e. The molecule has 3 N–H and O–H groups in total. The van der Waals surface area contributed by atoms with Crippen LogP contribution in [-0.4, -0.2) is 98.3 Å². The molecule has 0 radical (unpaired) electrons. The number of ether oxygens (including phenoxy) is 1. The molecule has 11 rings (SSSR count). The Kier molecular flexibility index (Phi) is 13.4. The normalized spacial score (nSPS) is 20.0. The third kappa shape index (κ3) is 10.0. The number of piperazine rings is 1. The maximum atomic E-state index is 13.6. The molecule has 1 saturated carbocycles. The molecule has 3 amide bonds. The predicted molar refractivity (Wildman–Crippen MR) is 285 cm³/mol. The summed E-state index contributed by atoms with van der Waals surface area (Å²) in [5.74, 6) is -0.175. The fourth-order valence-electron chi connectivity index (χ4n) is 11.6. The third-order valence-corrected chi connectivity index (χ3v) is 16.7. The number of amides is 3. The van der Waals surface area contributed by atoms with Crippen LogP contribution in [-0.2, 0) is 29.6 Å². The van der Waals surface area contributed by atoms with E-state index in [4.69, 9.17) is 14.8 Å². The largest absolute Gasteiger partial charge is 0.490 e. The molecule has 1 unspecified atom stereocenters. The number of carboxylic acid groups (broad SMARTS) is 1. The topological polar surface area (TPSA) is 175 Å². The molecule has 3 fully saturated rings. The van der Waals surface area contributed by atoms with Crippen molar-refractivity contribution in [1.82, 2.24) is 30.0 Å². The van der Waals surface area contributed by atoms with E-state index < -0.39 is 11.9 Å². The Balaban J connectivity index is 0.656. The first-order chi connectivity index (χ1) is 35.4. The Morgan fingerprint density at radius 3 is 2.45 bits per heavy atom. The van der Waals surface area contributed by atoms with E-state index >= 15 is 0 Å². The lowest BCUT2D eigenvalue weighted by molar-refractivity contribution is -0.134. The Bertz CT molecular complexity index is 3230. The Hall–Kier alpha value is -7.17. The molecule has 16 heteroatoms. The quantitative estimate of drug-likeness (QED) is 0.0935. The molecule has 0 spiro atoms. The van der Waals surface area contributed by atoms with Crippen LogP contribution in [0, 0.1) is 12.8 Å². The molecule has 2 saturated heterocycles. The minimum atomic E-state index is -1.10. The number of para-hydroxylation sites is 1. The zero-order valence-electron chi connectivity index (χ0n) is 41.6. The summed E-state index contributed by atoms with van der Waals surface area (Å²) in [7, 11) is 1.92. The molecule has 2 atom stereocenters. The number of piperidine rings is 1. The number of carboxylic acids is 1. The van der Waals surface area contributed by atoms with Gasteiger partial charge in [0, 0.05) is 81.0 Å². The van der Waals surface area contributed by atoms with Crippen molar-refractivity contribution >= 4 is 72.8 Å². The van der Waals surface area contributed by atoms with Crippen LogP contribution in [0.2, 0.25) is 0 Å². The molecule has 4 aromatic carbocycles. The van der Waals surface area contributed by atoms with Crippen molar-refractivity contribution in [3.05, 3.63) is 125 Å². The lowest BCUT2D eigenvalue weighted by Crippen LogP contribution is -2.49. The number of aryl methyl sites for hydroxylation is 2. The second-order valence-corrected chi connectivity index (χ2v) is 21.4. The van der Waals surface area contributed by atoms with Crippen LogP contribution in [0.15, 0.2) is 91.0 Å². The Morgan fingerprint density at radius 1 is 0.863 bits per heavy atom. The van der Waals surface area contributed by atoms with Crippen LogP contribution < -0.4 is 25.2 Å². The number of carbonyl (C=O) groups excluding carboxylic acids is 3. The first-order valence-corrected chi connectivity index (χ1v) is 26.6. The lowest BCUT2D eigenvalue weighted by atomic mass is 9.83. The summed E-state index contributed by atoms with van der Waals surface area (Å²) < 4.78 is 9.43. The van der Waals surface area contributed by atoms with Gasteiger partial charge in [-0.3, -0.25) is 34.6 Å².